The quantitative estimate of drug-likeness (QED) is 0.921. The fraction of sp³-hybridized carbons (Fsp3) is 0.250. The zero-order valence-electron chi connectivity index (χ0n) is 10.3. The molecule has 0 atom stereocenters. The Bertz CT molecular complexity index is 558. The number of nitrogens with one attached hydrogen (secondary N) is 1. The van der Waals surface area contributed by atoms with Crippen LogP contribution in [-0.4, -0.2) is 32.7 Å². The van der Waals surface area contributed by atoms with Gasteiger partial charge in [-0.25, -0.2) is 4.68 Å². The lowest BCUT2D eigenvalue weighted by molar-refractivity contribution is -0.115. The molecule has 0 aliphatic carbocycles. The van der Waals surface area contributed by atoms with Crippen molar-refractivity contribution < 1.29 is 4.79 Å². The summed E-state index contributed by atoms with van der Waals surface area (Å²) in [5.41, 5.74) is 1.26. The second-order valence-corrected chi connectivity index (χ2v) is 5.11. The van der Waals surface area contributed by atoms with Gasteiger partial charge in [-0.3, -0.25) is 9.78 Å². The van der Waals surface area contributed by atoms with Crippen molar-refractivity contribution in [2.24, 2.45) is 0 Å². The van der Waals surface area contributed by atoms with E-state index in [1.54, 1.807) is 30.2 Å². The summed E-state index contributed by atoms with van der Waals surface area (Å²) >= 11 is 7.81. The average Bonchev–Trinajstić information content (AvgIpc) is 2.79. The van der Waals surface area contributed by atoms with Crippen molar-refractivity contribution in [3.63, 3.8) is 0 Å². The number of amides is 1. The van der Waals surface area contributed by atoms with E-state index in [-0.39, 0.29) is 5.91 Å². The van der Waals surface area contributed by atoms with Crippen LogP contribution in [0.2, 0.25) is 5.15 Å². The number of hydrogen-bond acceptors (Lipinski definition) is 4. The topological polar surface area (TPSA) is 59.8 Å². The zero-order chi connectivity index (χ0) is 13.7. The molecule has 0 unspecified atom stereocenters. The number of nitrogens with zero attached hydrogens (tertiary/aromatic N) is 3. The minimum Gasteiger partial charge on any atom is -0.322 e. The van der Waals surface area contributed by atoms with Crippen LogP contribution in [0.5, 0.6) is 0 Å². The van der Waals surface area contributed by atoms with Crippen LogP contribution >= 0.6 is 23.4 Å². The number of anilines is 1. The fourth-order valence-electron chi connectivity index (χ4n) is 1.48. The highest BCUT2D eigenvalue weighted by atomic mass is 35.5. The first kappa shape index (κ1) is 13.9. The predicted molar refractivity (Wildman–Crippen MR) is 78.0 cm³/mol. The molecule has 0 saturated carbocycles. The van der Waals surface area contributed by atoms with Gasteiger partial charge >= 0.3 is 0 Å². The number of hydrogen-bond donors (Lipinski definition) is 1. The number of aromatic nitrogens is 3. The summed E-state index contributed by atoms with van der Waals surface area (Å²) in [4.78, 5) is 15.6. The Morgan fingerprint density at radius 2 is 2.37 bits per heavy atom. The lowest BCUT2D eigenvalue weighted by Crippen LogP contribution is -2.12. The molecule has 0 aromatic carbocycles. The summed E-state index contributed by atoms with van der Waals surface area (Å²) in [7, 11) is 0. The second-order valence-electron chi connectivity index (χ2n) is 3.76. The molecule has 2 aromatic rings. The molecule has 0 fully saturated rings. The van der Waals surface area contributed by atoms with Gasteiger partial charge in [-0.15, -0.1) is 0 Å². The Morgan fingerprint density at radius 3 is 3.05 bits per heavy atom. The molecule has 19 heavy (non-hydrogen) atoms. The van der Waals surface area contributed by atoms with Crippen LogP contribution in [0, 0.1) is 0 Å². The molecule has 5 nitrogen and oxygen atoms in total. The first-order valence-corrected chi connectivity index (χ1v) is 7.42. The first-order valence-electron chi connectivity index (χ1n) is 5.65. The minimum atomic E-state index is -0.0676. The number of carbonyl (C=O) groups is 1. The first-order chi connectivity index (χ1) is 9.22. The van der Waals surface area contributed by atoms with Gasteiger partial charge in [-0.1, -0.05) is 11.6 Å². The lowest BCUT2D eigenvalue weighted by atomic mass is 10.4. The molecule has 2 aromatic heterocycles. The van der Waals surface area contributed by atoms with E-state index in [2.05, 4.69) is 15.4 Å². The van der Waals surface area contributed by atoms with Crippen molar-refractivity contribution >= 4 is 35.0 Å². The van der Waals surface area contributed by atoms with Crippen molar-refractivity contribution in [2.45, 2.75) is 6.42 Å². The van der Waals surface area contributed by atoms with Gasteiger partial charge in [0, 0.05) is 18.4 Å². The van der Waals surface area contributed by atoms with Gasteiger partial charge in [0.15, 0.2) is 5.15 Å². The maximum absolute atomic E-state index is 11.6. The Balaban J connectivity index is 2.13. The van der Waals surface area contributed by atoms with Crippen molar-refractivity contribution in [3.8, 4) is 5.69 Å². The molecule has 0 bridgehead atoms. The maximum atomic E-state index is 11.6. The van der Waals surface area contributed by atoms with Gasteiger partial charge in [0.1, 0.15) is 0 Å². The zero-order valence-corrected chi connectivity index (χ0v) is 11.9. The van der Waals surface area contributed by atoms with E-state index in [1.807, 2.05) is 12.3 Å². The molecular weight excluding hydrogens is 284 g/mol. The summed E-state index contributed by atoms with van der Waals surface area (Å²) in [6, 6.07) is 3.63. The molecule has 2 heterocycles. The monoisotopic (exact) mass is 296 g/mol. The van der Waals surface area contributed by atoms with Crippen LogP contribution in [0.15, 0.2) is 30.7 Å². The standard InChI is InChI=1S/C12H13ClN4OS/c1-19-6-4-11(18)16-10-8-15-17(12(10)13)9-3-2-5-14-7-9/h2-3,5,7-8H,4,6H2,1H3,(H,16,18). The van der Waals surface area contributed by atoms with E-state index >= 15 is 0 Å². The van der Waals surface area contributed by atoms with Crippen molar-refractivity contribution in [1.82, 2.24) is 14.8 Å². The Kier molecular flexibility index (Phi) is 4.81. The van der Waals surface area contributed by atoms with Gasteiger partial charge in [-0.05, 0) is 18.4 Å². The highest BCUT2D eigenvalue weighted by Crippen LogP contribution is 2.24. The van der Waals surface area contributed by atoms with Crippen LogP contribution in [-0.2, 0) is 4.79 Å². The molecule has 100 valence electrons. The lowest BCUT2D eigenvalue weighted by Gasteiger charge is -2.04. The number of rotatable bonds is 5. The van der Waals surface area contributed by atoms with Gasteiger partial charge in [0.05, 0.1) is 23.8 Å². The third kappa shape index (κ3) is 3.48. The van der Waals surface area contributed by atoms with Crippen molar-refractivity contribution in [3.05, 3.63) is 35.9 Å². The molecule has 0 saturated heterocycles. The Hall–Kier alpha value is -1.53. The number of thioether (sulfide) groups is 1. The highest BCUT2D eigenvalue weighted by molar-refractivity contribution is 7.98. The van der Waals surface area contributed by atoms with Gasteiger partial charge in [0.2, 0.25) is 5.91 Å². The van der Waals surface area contributed by atoms with E-state index in [0.717, 1.165) is 11.4 Å². The summed E-state index contributed by atoms with van der Waals surface area (Å²) < 4.78 is 1.53. The Morgan fingerprint density at radius 1 is 1.53 bits per heavy atom. The summed E-state index contributed by atoms with van der Waals surface area (Å²) in [5.74, 6) is 0.710. The largest absolute Gasteiger partial charge is 0.322 e. The molecule has 0 radical (unpaired) electrons. The van der Waals surface area contributed by atoms with Gasteiger partial charge in [0.25, 0.3) is 0 Å². The van der Waals surface area contributed by atoms with Crippen molar-refractivity contribution in [2.75, 3.05) is 17.3 Å². The molecule has 0 aliphatic heterocycles. The molecule has 0 spiro atoms. The summed E-state index contributed by atoms with van der Waals surface area (Å²) in [6.45, 7) is 0. The van der Waals surface area contributed by atoms with Gasteiger partial charge in [-0.2, -0.15) is 16.9 Å². The molecule has 2 rings (SSSR count). The highest BCUT2D eigenvalue weighted by Gasteiger charge is 2.12. The Labute approximate surface area is 120 Å². The molecule has 7 heteroatoms. The van der Waals surface area contributed by atoms with Crippen LogP contribution < -0.4 is 5.32 Å². The fourth-order valence-corrected chi connectivity index (χ4v) is 2.11. The van der Waals surface area contributed by atoms with E-state index < -0.39 is 0 Å². The molecule has 0 aliphatic rings. The third-order valence-electron chi connectivity index (χ3n) is 2.41. The number of halogens is 1. The normalized spacial score (nSPS) is 10.4. The SMILES string of the molecule is CSCCC(=O)Nc1cnn(-c2cccnc2)c1Cl. The van der Waals surface area contributed by atoms with Crippen LogP contribution in [0.3, 0.4) is 0 Å². The predicted octanol–water partition coefficient (Wildman–Crippen LogP) is 2.61. The summed E-state index contributed by atoms with van der Waals surface area (Å²) in [5, 5.41) is 7.26. The number of pyridine rings is 1. The minimum absolute atomic E-state index is 0.0676. The van der Waals surface area contributed by atoms with Crippen LogP contribution in [0.4, 0.5) is 5.69 Å². The van der Waals surface area contributed by atoms with Crippen molar-refractivity contribution in [1.29, 1.82) is 0 Å². The van der Waals surface area contributed by atoms with E-state index in [4.69, 9.17) is 11.6 Å². The molecule has 1 N–H and O–H groups in total. The molecule has 1 amide bonds. The summed E-state index contributed by atoms with van der Waals surface area (Å²) in [6.07, 6.45) is 7.27. The maximum Gasteiger partial charge on any atom is 0.225 e. The second kappa shape index (κ2) is 6.58. The smallest absolute Gasteiger partial charge is 0.225 e. The van der Waals surface area contributed by atoms with E-state index in [0.29, 0.717) is 17.3 Å². The number of carbonyl (C=O) groups excluding carboxylic acids is 1. The van der Waals surface area contributed by atoms with E-state index in [9.17, 15) is 4.79 Å². The van der Waals surface area contributed by atoms with Crippen LogP contribution in [0.1, 0.15) is 6.42 Å². The van der Waals surface area contributed by atoms with Gasteiger partial charge < -0.3 is 5.32 Å². The third-order valence-corrected chi connectivity index (χ3v) is 3.38. The molecular formula is C12H13ClN4OS. The van der Waals surface area contributed by atoms with Crippen LogP contribution in [0.25, 0.3) is 5.69 Å². The average molecular weight is 297 g/mol. The van der Waals surface area contributed by atoms with E-state index in [1.165, 1.54) is 10.9 Å².